The van der Waals surface area contributed by atoms with Gasteiger partial charge < -0.3 is 9.17 Å². The zero-order valence-electron chi connectivity index (χ0n) is 8.33. The number of carbonyl (C=O) groups excluding carboxylic acids is 1. The van der Waals surface area contributed by atoms with Crippen molar-refractivity contribution in [3.63, 3.8) is 0 Å². The van der Waals surface area contributed by atoms with Crippen molar-refractivity contribution < 1.29 is 8.98 Å². The number of aryl methyl sites for hydroxylation is 2. The van der Waals surface area contributed by atoms with Gasteiger partial charge in [-0.1, -0.05) is 13.3 Å². The molecule has 0 aliphatic carbocycles. The van der Waals surface area contributed by atoms with Crippen LogP contribution in [0.15, 0.2) is 0 Å². The average Bonchev–Trinajstić information content (AvgIpc) is 2.55. The van der Waals surface area contributed by atoms with E-state index in [-0.39, 0.29) is 0 Å². The fourth-order valence-corrected chi connectivity index (χ4v) is 1.31. The minimum Gasteiger partial charge on any atom is -0.390 e. The highest BCUT2D eigenvalue weighted by Crippen LogP contribution is 2.09. The van der Waals surface area contributed by atoms with E-state index >= 15 is 0 Å². The van der Waals surface area contributed by atoms with Crippen molar-refractivity contribution in [1.29, 1.82) is 0 Å². The number of hydrogen-bond donors (Lipinski definition) is 2. The van der Waals surface area contributed by atoms with Crippen LogP contribution in [0.25, 0.3) is 0 Å². The molecule has 4 nitrogen and oxygen atoms in total. The molecule has 0 bridgehead atoms. The molecule has 1 N–H and O–H groups in total. The van der Waals surface area contributed by atoms with Crippen LogP contribution in [-0.4, -0.2) is 15.9 Å². The largest absolute Gasteiger partial charge is 0.390 e. The lowest BCUT2D eigenvalue weighted by Crippen LogP contribution is -2.00. The van der Waals surface area contributed by atoms with Crippen molar-refractivity contribution in [2.75, 3.05) is 0 Å². The van der Waals surface area contributed by atoms with Crippen LogP contribution in [0.4, 0.5) is 0 Å². The predicted octanol–water partition coefficient (Wildman–Crippen LogP) is 2.06. The minimum absolute atomic E-state index is 0.325. The van der Waals surface area contributed by atoms with E-state index in [1.165, 1.54) is 0 Å². The van der Waals surface area contributed by atoms with Crippen molar-refractivity contribution in [1.82, 2.24) is 9.97 Å². The molecule has 1 aromatic rings. The summed E-state index contributed by atoms with van der Waals surface area (Å²) in [6.07, 6.45) is 3.02. The first kappa shape index (κ1) is 11.1. The smallest absolute Gasteiger partial charge is 0.370 e. The van der Waals surface area contributed by atoms with Gasteiger partial charge in [0.2, 0.25) is 0 Å². The monoisotopic (exact) mass is 214 g/mol. The van der Waals surface area contributed by atoms with E-state index in [4.69, 9.17) is 0 Å². The van der Waals surface area contributed by atoms with Gasteiger partial charge in [-0.15, -0.1) is 0 Å². The van der Waals surface area contributed by atoms with E-state index in [0.717, 1.165) is 30.8 Å². The van der Waals surface area contributed by atoms with Gasteiger partial charge in [-0.2, -0.15) is 0 Å². The highest BCUT2D eigenvalue weighted by molar-refractivity contribution is 7.75. The summed E-state index contributed by atoms with van der Waals surface area (Å²) in [6.45, 7) is 3.90. The third kappa shape index (κ3) is 2.51. The molecule has 1 rings (SSSR count). The number of imidazole rings is 1. The second-order valence-corrected chi connectivity index (χ2v) is 3.32. The van der Waals surface area contributed by atoms with E-state index < -0.39 is 5.97 Å². The third-order valence-electron chi connectivity index (χ3n) is 1.98. The summed E-state index contributed by atoms with van der Waals surface area (Å²) < 4.78 is 4.31. The molecule has 0 amide bonds. The minimum atomic E-state index is -0.509. The van der Waals surface area contributed by atoms with E-state index in [1.54, 1.807) is 6.92 Å². The van der Waals surface area contributed by atoms with Gasteiger partial charge in [-0.25, -0.2) is 9.78 Å². The highest BCUT2D eigenvalue weighted by Gasteiger charge is 2.14. The average molecular weight is 214 g/mol. The Balaban J connectivity index is 2.77. The number of nitrogens with zero attached hydrogens (tertiary/aromatic N) is 1. The molecule has 0 saturated heterocycles. The molecule has 0 saturated carbocycles. The second-order valence-electron chi connectivity index (χ2n) is 3.14. The molecule has 5 heteroatoms. The lowest BCUT2D eigenvalue weighted by atomic mass is 10.2. The Morgan fingerprint density at radius 3 is 2.93 bits per heavy atom. The van der Waals surface area contributed by atoms with Crippen molar-refractivity contribution in [3.8, 4) is 0 Å². The Bertz CT molecular complexity index is 323. The van der Waals surface area contributed by atoms with Crippen molar-refractivity contribution >= 4 is 18.9 Å². The van der Waals surface area contributed by atoms with Crippen LogP contribution in [0, 0.1) is 6.92 Å². The number of rotatable bonds is 4. The quantitative estimate of drug-likeness (QED) is 0.596. The Morgan fingerprint density at radius 2 is 2.36 bits per heavy atom. The number of carbonyl (C=O) groups is 1. The van der Waals surface area contributed by atoms with Gasteiger partial charge in [-0.3, -0.25) is 0 Å². The molecule has 0 radical (unpaired) electrons. The summed E-state index contributed by atoms with van der Waals surface area (Å²) in [5.74, 6) is 0.322. The first-order valence-electron chi connectivity index (χ1n) is 4.60. The van der Waals surface area contributed by atoms with Gasteiger partial charge in [0.1, 0.15) is 5.82 Å². The number of aromatic nitrogens is 2. The maximum atomic E-state index is 11.1. The lowest BCUT2D eigenvalue weighted by Gasteiger charge is -1.92. The highest BCUT2D eigenvalue weighted by atomic mass is 32.1. The summed E-state index contributed by atoms with van der Waals surface area (Å²) in [5.41, 5.74) is 1.06. The molecule has 0 fully saturated rings. The van der Waals surface area contributed by atoms with Crippen LogP contribution < -0.4 is 0 Å². The number of thiol groups is 1. The number of nitrogens with one attached hydrogen (secondary N) is 1. The number of H-pyrrole nitrogens is 1. The molecule has 0 aliphatic rings. The SMILES string of the molecule is CCCCc1nc(C(=O)OS)c(C)[nH]1. The van der Waals surface area contributed by atoms with Gasteiger partial charge in [0.05, 0.1) is 0 Å². The Hall–Kier alpha value is -0.970. The summed E-state index contributed by atoms with van der Waals surface area (Å²) >= 11 is 3.45. The molecule has 1 aromatic heterocycles. The number of unbranched alkanes of at least 4 members (excludes halogenated alkanes) is 1. The van der Waals surface area contributed by atoms with Crippen LogP contribution in [0.2, 0.25) is 0 Å². The van der Waals surface area contributed by atoms with Crippen LogP contribution in [0.3, 0.4) is 0 Å². The van der Waals surface area contributed by atoms with E-state index in [2.05, 4.69) is 34.0 Å². The standard InChI is InChI=1S/C9H14N2O2S/c1-3-4-5-7-10-6(2)8(11-7)9(12)13-14/h14H,3-5H2,1-2H3,(H,10,11). The van der Waals surface area contributed by atoms with Gasteiger partial charge >= 0.3 is 5.97 Å². The summed E-state index contributed by atoms with van der Waals surface area (Å²) in [6, 6.07) is 0. The molecule has 1 heterocycles. The molecule has 14 heavy (non-hydrogen) atoms. The molecule has 78 valence electrons. The van der Waals surface area contributed by atoms with Crippen molar-refractivity contribution in [3.05, 3.63) is 17.2 Å². The summed E-state index contributed by atoms with van der Waals surface area (Å²) in [4.78, 5) is 18.3. The molecular weight excluding hydrogens is 200 g/mol. The second kappa shape index (κ2) is 5.05. The first-order chi connectivity index (χ1) is 6.69. The van der Waals surface area contributed by atoms with Crippen LogP contribution in [0.1, 0.15) is 41.8 Å². The number of aromatic amines is 1. The molecule has 0 atom stereocenters. The Kier molecular flexibility index (Phi) is 4.00. The summed E-state index contributed by atoms with van der Waals surface area (Å²) in [7, 11) is 0. The molecule has 0 aromatic carbocycles. The van der Waals surface area contributed by atoms with Gasteiger partial charge in [-0.05, 0) is 13.3 Å². The van der Waals surface area contributed by atoms with Gasteiger partial charge in [0, 0.05) is 25.0 Å². The molecular formula is C9H14N2O2S. The Labute approximate surface area is 88.7 Å². The molecule has 0 aliphatic heterocycles. The van der Waals surface area contributed by atoms with Crippen LogP contribution in [0.5, 0.6) is 0 Å². The van der Waals surface area contributed by atoms with E-state index in [9.17, 15) is 4.79 Å². The third-order valence-corrected chi connectivity index (χ3v) is 2.14. The normalized spacial score (nSPS) is 10.2. The summed E-state index contributed by atoms with van der Waals surface area (Å²) in [5, 5.41) is 0. The number of hydrogen-bond acceptors (Lipinski definition) is 4. The topological polar surface area (TPSA) is 55.0 Å². The zero-order valence-corrected chi connectivity index (χ0v) is 9.23. The van der Waals surface area contributed by atoms with E-state index in [1.807, 2.05) is 0 Å². The van der Waals surface area contributed by atoms with Crippen LogP contribution in [-0.2, 0) is 10.6 Å². The predicted molar refractivity (Wildman–Crippen MR) is 56.3 cm³/mol. The molecule has 0 spiro atoms. The van der Waals surface area contributed by atoms with E-state index in [0.29, 0.717) is 5.69 Å². The fraction of sp³-hybridized carbons (Fsp3) is 0.556. The van der Waals surface area contributed by atoms with Crippen molar-refractivity contribution in [2.24, 2.45) is 0 Å². The van der Waals surface area contributed by atoms with Gasteiger partial charge in [0.15, 0.2) is 5.69 Å². The maximum Gasteiger partial charge on any atom is 0.370 e. The Morgan fingerprint density at radius 1 is 1.64 bits per heavy atom. The maximum absolute atomic E-state index is 11.1. The first-order valence-corrected chi connectivity index (χ1v) is 4.96. The molecule has 0 unspecified atom stereocenters. The van der Waals surface area contributed by atoms with Gasteiger partial charge in [0.25, 0.3) is 0 Å². The fourth-order valence-electron chi connectivity index (χ4n) is 1.23. The lowest BCUT2D eigenvalue weighted by molar-refractivity contribution is 0.0766. The van der Waals surface area contributed by atoms with Crippen LogP contribution >= 0.6 is 12.9 Å². The zero-order chi connectivity index (χ0) is 10.6. The van der Waals surface area contributed by atoms with Crippen molar-refractivity contribution in [2.45, 2.75) is 33.1 Å².